The zero-order valence-electron chi connectivity index (χ0n) is 13.3. The quantitative estimate of drug-likeness (QED) is 0.869. The van der Waals surface area contributed by atoms with Crippen LogP contribution in [0.4, 0.5) is 10.5 Å². The molecule has 1 aliphatic rings. The van der Waals surface area contributed by atoms with Crippen LogP contribution < -0.4 is 20.3 Å². The van der Waals surface area contributed by atoms with Gasteiger partial charge in [0.1, 0.15) is 5.75 Å². The van der Waals surface area contributed by atoms with Crippen molar-refractivity contribution in [1.82, 2.24) is 10.6 Å². The van der Waals surface area contributed by atoms with E-state index in [1.54, 1.807) is 18.9 Å². The number of urea groups is 1. The molecule has 0 spiro atoms. The van der Waals surface area contributed by atoms with Gasteiger partial charge in [0.15, 0.2) is 6.10 Å². The Bertz CT molecular complexity index is 560. The normalized spacial score (nSPS) is 16.8. The van der Waals surface area contributed by atoms with Crippen molar-refractivity contribution in [1.29, 1.82) is 0 Å². The minimum Gasteiger partial charge on any atom is -0.479 e. The number of amides is 3. The molecule has 2 rings (SSSR count). The molecule has 1 heterocycles. The highest BCUT2D eigenvalue weighted by molar-refractivity contribution is 5.99. The average molecular weight is 305 g/mol. The molecule has 0 radical (unpaired) electrons. The summed E-state index contributed by atoms with van der Waals surface area (Å²) in [5.74, 6) is 0.661. The molecule has 3 amide bonds. The zero-order chi connectivity index (χ0) is 16.1. The van der Waals surface area contributed by atoms with Crippen LogP contribution in [0.1, 0.15) is 25.8 Å². The Morgan fingerprint density at radius 3 is 2.77 bits per heavy atom. The van der Waals surface area contributed by atoms with E-state index in [1.165, 1.54) is 0 Å². The number of rotatable bonds is 5. The number of fused-ring (bicyclic) bond motifs is 1. The predicted octanol–water partition coefficient (Wildman–Crippen LogP) is 1.68. The fourth-order valence-corrected chi connectivity index (χ4v) is 2.33. The molecule has 0 fully saturated rings. The maximum Gasteiger partial charge on any atom is 0.314 e. The summed E-state index contributed by atoms with van der Waals surface area (Å²) in [5.41, 5.74) is 1.82. The van der Waals surface area contributed by atoms with Crippen LogP contribution in [0.5, 0.6) is 5.75 Å². The number of anilines is 1. The number of benzene rings is 1. The van der Waals surface area contributed by atoms with Crippen LogP contribution in [0.2, 0.25) is 0 Å². The van der Waals surface area contributed by atoms with E-state index in [4.69, 9.17) is 4.74 Å². The highest BCUT2D eigenvalue weighted by Gasteiger charge is 2.28. The van der Waals surface area contributed by atoms with Gasteiger partial charge in [-0.15, -0.1) is 0 Å². The van der Waals surface area contributed by atoms with E-state index in [-0.39, 0.29) is 11.9 Å². The fourth-order valence-electron chi connectivity index (χ4n) is 2.33. The largest absolute Gasteiger partial charge is 0.479 e. The van der Waals surface area contributed by atoms with Gasteiger partial charge >= 0.3 is 6.03 Å². The van der Waals surface area contributed by atoms with Crippen LogP contribution in [0.25, 0.3) is 0 Å². The second kappa shape index (κ2) is 7.15. The molecule has 1 unspecified atom stereocenters. The lowest BCUT2D eigenvalue weighted by Crippen LogP contribution is -2.42. The van der Waals surface area contributed by atoms with E-state index in [0.29, 0.717) is 25.3 Å². The number of likely N-dealkylation sites (N-methyl/N-ethyl adjacent to an activating group) is 1. The number of ether oxygens (including phenoxy) is 1. The first-order chi connectivity index (χ1) is 10.5. The van der Waals surface area contributed by atoms with Gasteiger partial charge in [-0.25, -0.2) is 4.79 Å². The third-order valence-electron chi connectivity index (χ3n) is 3.60. The van der Waals surface area contributed by atoms with Crippen LogP contribution in [-0.4, -0.2) is 38.2 Å². The van der Waals surface area contributed by atoms with Crippen molar-refractivity contribution in [2.24, 2.45) is 0 Å². The number of hydrogen-bond acceptors (Lipinski definition) is 3. The molecule has 0 saturated carbocycles. The molecule has 1 aromatic rings. The molecule has 0 saturated heterocycles. The van der Waals surface area contributed by atoms with Crippen molar-refractivity contribution in [3.63, 3.8) is 0 Å². The van der Waals surface area contributed by atoms with Gasteiger partial charge in [0.2, 0.25) is 0 Å². The lowest BCUT2D eigenvalue weighted by molar-refractivity contribution is -0.125. The lowest BCUT2D eigenvalue weighted by atomic mass is 10.1. The molecular weight excluding hydrogens is 282 g/mol. The first kappa shape index (κ1) is 16.1. The Kier molecular flexibility index (Phi) is 5.25. The third kappa shape index (κ3) is 3.69. The first-order valence-electron chi connectivity index (χ1n) is 7.61. The van der Waals surface area contributed by atoms with Gasteiger partial charge in [0, 0.05) is 20.1 Å². The molecule has 22 heavy (non-hydrogen) atoms. The first-order valence-corrected chi connectivity index (χ1v) is 7.61. The maximum absolute atomic E-state index is 11.9. The van der Waals surface area contributed by atoms with Gasteiger partial charge in [0.25, 0.3) is 5.91 Å². The summed E-state index contributed by atoms with van der Waals surface area (Å²) in [6.07, 6.45) is 1.16. The molecule has 0 aliphatic carbocycles. The molecule has 2 N–H and O–H groups in total. The molecule has 6 heteroatoms. The molecule has 0 aromatic heterocycles. The van der Waals surface area contributed by atoms with Crippen molar-refractivity contribution in [3.05, 3.63) is 23.8 Å². The van der Waals surface area contributed by atoms with Crippen molar-refractivity contribution < 1.29 is 14.3 Å². The highest BCUT2D eigenvalue weighted by atomic mass is 16.5. The van der Waals surface area contributed by atoms with E-state index in [1.807, 2.05) is 25.1 Å². The van der Waals surface area contributed by atoms with Crippen molar-refractivity contribution in [3.8, 4) is 5.75 Å². The van der Waals surface area contributed by atoms with Gasteiger partial charge in [-0.3, -0.25) is 4.79 Å². The Morgan fingerprint density at radius 2 is 2.05 bits per heavy atom. The Balaban J connectivity index is 1.94. The lowest BCUT2D eigenvalue weighted by Gasteiger charge is -2.30. The Labute approximate surface area is 130 Å². The standard InChI is InChI=1S/C16H23N3O3/c1-4-8-17-16(21)18-9-7-12-5-6-14-13(10-12)19(3)15(20)11(2)22-14/h5-6,10-11H,4,7-9H2,1-3H3,(H2,17,18,21). The molecule has 1 atom stereocenters. The van der Waals surface area contributed by atoms with Crippen molar-refractivity contribution >= 4 is 17.6 Å². The van der Waals surface area contributed by atoms with E-state index in [9.17, 15) is 9.59 Å². The molecular formula is C16H23N3O3. The number of carbonyl (C=O) groups excluding carboxylic acids is 2. The van der Waals surface area contributed by atoms with E-state index in [2.05, 4.69) is 10.6 Å². The monoisotopic (exact) mass is 305 g/mol. The molecule has 1 aliphatic heterocycles. The topological polar surface area (TPSA) is 70.7 Å². The number of nitrogens with zero attached hydrogens (tertiary/aromatic N) is 1. The van der Waals surface area contributed by atoms with Gasteiger partial charge in [0.05, 0.1) is 5.69 Å². The third-order valence-corrected chi connectivity index (χ3v) is 3.60. The average Bonchev–Trinajstić information content (AvgIpc) is 2.51. The molecule has 120 valence electrons. The van der Waals surface area contributed by atoms with Crippen LogP contribution in [0.15, 0.2) is 18.2 Å². The smallest absolute Gasteiger partial charge is 0.314 e. The summed E-state index contributed by atoms with van der Waals surface area (Å²) in [5, 5.41) is 5.57. The van der Waals surface area contributed by atoms with Crippen molar-refractivity contribution in [2.45, 2.75) is 32.8 Å². The SMILES string of the molecule is CCCNC(=O)NCCc1ccc2c(c1)N(C)C(=O)C(C)O2. The maximum atomic E-state index is 11.9. The Hall–Kier alpha value is -2.24. The number of hydrogen-bond donors (Lipinski definition) is 2. The van der Waals surface area contributed by atoms with Gasteiger partial charge in [-0.2, -0.15) is 0 Å². The second-order valence-electron chi connectivity index (χ2n) is 5.39. The second-order valence-corrected chi connectivity index (χ2v) is 5.39. The predicted molar refractivity (Wildman–Crippen MR) is 85.3 cm³/mol. The van der Waals surface area contributed by atoms with Crippen LogP contribution in [0, 0.1) is 0 Å². The number of carbonyl (C=O) groups is 2. The summed E-state index contributed by atoms with van der Waals surface area (Å²) in [6, 6.07) is 5.62. The minimum absolute atomic E-state index is 0.0540. The zero-order valence-corrected chi connectivity index (χ0v) is 13.3. The van der Waals surface area contributed by atoms with E-state index >= 15 is 0 Å². The summed E-state index contributed by atoms with van der Waals surface area (Å²) in [7, 11) is 1.75. The van der Waals surface area contributed by atoms with E-state index in [0.717, 1.165) is 17.7 Å². The van der Waals surface area contributed by atoms with Crippen LogP contribution in [0.3, 0.4) is 0 Å². The number of nitrogens with one attached hydrogen (secondary N) is 2. The van der Waals surface area contributed by atoms with Crippen molar-refractivity contribution in [2.75, 3.05) is 25.0 Å². The molecule has 1 aromatic carbocycles. The molecule has 6 nitrogen and oxygen atoms in total. The summed E-state index contributed by atoms with van der Waals surface area (Å²) >= 11 is 0. The van der Waals surface area contributed by atoms with Gasteiger partial charge < -0.3 is 20.3 Å². The Morgan fingerprint density at radius 1 is 1.32 bits per heavy atom. The summed E-state index contributed by atoms with van der Waals surface area (Å²) in [4.78, 5) is 25.0. The van der Waals surface area contributed by atoms with Gasteiger partial charge in [-0.1, -0.05) is 13.0 Å². The summed E-state index contributed by atoms with van der Waals surface area (Å²) < 4.78 is 5.59. The highest BCUT2D eigenvalue weighted by Crippen LogP contribution is 2.33. The van der Waals surface area contributed by atoms with Gasteiger partial charge in [-0.05, 0) is 37.5 Å². The fraction of sp³-hybridized carbons (Fsp3) is 0.500. The molecule has 0 bridgehead atoms. The van der Waals surface area contributed by atoms with Crippen LogP contribution >= 0.6 is 0 Å². The minimum atomic E-state index is -0.452. The van der Waals surface area contributed by atoms with E-state index < -0.39 is 6.10 Å². The van der Waals surface area contributed by atoms with Crippen LogP contribution in [-0.2, 0) is 11.2 Å². The summed E-state index contributed by atoms with van der Waals surface area (Å²) in [6.45, 7) is 4.97.